The Labute approximate surface area is 150 Å². The summed E-state index contributed by atoms with van der Waals surface area (Å²) in [4.78, 5) is 16.6. The molecule has 0 N–H and O–H groups in total. The van der Waals surface area contributed by atoms with Crippen LogP contribution in [-0.4, -0.2) is 34.7 Å². The van der Waals surface area contributed by atoms with Gasteiger partial charge in [-0.2, -0.15) is 13.2 Å². The van der Waals surface area contributed by atoms with Gasteiger partial charge in [0.2, 0.25) is 0 Å². The van der Waals surface area contributed by atoms with Crippen molar-refractivity contribution in [3.63, 3.8) is 0 Å². The fraction of sp³-hybridized carbons (Fsp3) is 0.250. The summed E-state index contributed by atoms with van der Waals surface area (Å²) in [5.74, 6) is 1.30. The van der Waals surface area contributed by atoms with Gasteiger partial charge in [-0.05, 0) is 11.8 Å². The normalized spacial score (nSPS) is 12.3. The number of aromatic nitrogens is 6. The monoisotopic (exact) mass is 378 g/mol. The molecule has 26 heavy (non-hydrogen) atoms. The van der Waals surface area contributed by atoms with Crippen LogP contribution in [0.4, 0.5) is 13.2 Å². The predicted octanol–water partition coefficient (Wildman–Crippen LogP) is 3.81. The maximum Gasteiger partial charge on any atom is 0.433 e. The van der Waals surface area contributed by atoms with E-state index in [-0.39, 0.29) is 5.52 Å². The molecule has 0 aliphatic carbocycles. The molecule has 4 aromatic rings. The highest BCUT2D eigenvalue weighted by Gasteiger charge is 2.33. The summed E-state index contributed by atoms with van der Waals surface area (Å²) in [6, 6.07) is 0.961. The molecule has 134 valence electrons. The molecule has 6 nitrogen and oxygen atoms in total. The van der Waals surface area contributed by atoms with Gasteiger partial charge in [0.25, 0.3) is 0 Å². The van der Waals surface area contributed by atoms with E-state index in [1.807, 2.05) is 11.3 Å². The van der Waals surface area contributed by atoms with Crippen LogP contribution in [0, 0.1) is 0 Å². The van der Waals surface area contributed by atoms with Crippen LogP contribution in [0.2, 0.25) is 0 Å². The molecule has 4 aromatic heterocycles. The third kappa shape index (κ3) is 2.61. The van der Waals surface area contributed by atoms with Crippen molar-refractivity contribution >= 4 is 28.4 Å². The van der Waals surface area contributed by atoms with E-state index < -0.39 is 11.9 Å². The maximum absolute atomic E-state index is 12.9. The van der Waals surface area contributed by atoms with Gasteiger partial charge in [-0.1, -0.05) is 6.92 Å². The quantitative estimate of drug-likeness (QED) is 0.508. The lowest BCUT2D eigenvalue weighted by atomic mass is 10.3. The maximum atomic E-state index is 12.9. The molecule has 10 heteroatoms. The number of pyridine rings is 1. The Bertz CT molecular complexity index is 1110. The van der Waals surface area contributed by atoms with Gasteiger partial charge < -0.3 is 4.57 Å². The highest BCUT2D eigenvalue weighted by Crippen LogP contribution is 2.34. The average Bonchev–Trinajstić information content (AvgIpc) is 3.13. The number of alkyl halides is 3. The number of rotatable bonds is 3. The van der Waals surface area contributed by atoms with Crippen molar-refractivity contribution in [2.75, 3.05) is 5.75 Å². The number of imidazole rings is 2. The Hall–Kier alpha value is -2.62. The molecular formula is C16H13F3N6S. The lowest BCUT2D eigenvalue weighted by Crippen LogP contribution is -2.07. The number of hydrogen-bond acceptors (Lipinski definition) is 5. The van der Waals surface area contributed by atoms with E-state index >= 15 is 0 Å². The van der Waals surface area contributed by atoms with Crippen molar-refractivity contribution in [1.82, 2.24) is 28.9 Å². The first-order valence-electron chi connectivity index (χ1n) is 7.75. The smallest absolute Gasteiger partial charge is 0.324 e. The highest BCUT2D eigenvalue weighted by atomic mass is 32.2. The van der Waals surface area contributed by atoms with E-state index in [1.54, 1.807) is 42.0 Å². The number of halogens is 3. The number of aryl methyl sites for hydroxylation is 1. The van der Waals surface area contributed by atoms with E-state index in [0.717, 1.165) is 16.8 Å². The first kappa shape index (κ1) is 16.8. The molecule has 0 fully saturated rings. The first-order valence-corrected chi connectivity index (χ1v) is 8.73. The van der Waals surface area contributed by atoms with Gasteiger partial charge in [-0.25, -0.2) is 15.0 Å². The molecule has 4 rings (SSSR count). The van der Waals surface area contributed by atoms with Crippen molar-refractivity contribution in [2.45, 2.75) is 18.1 Å². The number of nitrogens with zero attached hydrogens (tertiary/aromatic N) is 6. The van der Waals surface area contributed by atoms with E-state index in [1.165, 1.54) is 6.20 Å². The molecule has 0 aliphatic rings. The summed E-state index contributed by atoms with van der Waals surface area (Å²) < 4.78 is 42.4. The Morgan fingerprint density at radius 2 is 2.00 bits per heavy atom. The summed E-state index contributed by atoms with van der Waals surface area (Å²) in [6.07, 6.45) is 1.78. The first-order chi connectivity index (χ1) is 12.4. The van der Waals surface area contributed by atoms with Crippen LogP contribution in [-0.2, 0) is 13.2 Å². The average molecular weight is 378 g/mol. The van der Waals surface area contributed by atoms with E-state index in [0.29, 0.717) is 22.7 Å². The zero-order chi connectivity index (χ0) is 18.5. The fourth-order valence-electron chi connectivity index (χ4n) is 2.76. The van der Waals surface area contributed by atoms with Gasteiger partial charge in [0.1, 0.15) is 16.4 Å². The van der Waals surface area contributed by atoms with Gasteiger partial charge in [-0.15, -0.1) is 11.8 Å². The SMILES string of the molecule is CCSc1c(-c2nc3cc(C(F)(F)F)ncc3n2C)nc2cnccn12. The molecule has 4 heterocycles. The van der Waals surface area contributed by atoms with E-state index in [2.05, 4.69) is 19.9 Å². The minimum atomic E-state index is -4.51. The minimum Gasteiger partial charge on any atom is -0.324 e. The van der Waals surface area contributed by atoms with Gasteiger partial charge >= 0.3 is 6.18 Å². The second-order valence-electron chi connectivity index (χ2n) is 5.55. The Morgan fingerprint density at radius 3 is 2.73 bits per heavy atom. The van der Waals surface area contributed by atoms with Gasteiger partial charge in [0.05, 0.1) is 23.4 Å². The molecule has 0 bridgehead atoms. The Kier molecular flexibility index (Phi) is 3.87. The fourth-order valence-corrected chi connectivity index (χ4v) is 3.60. The number of hydrogen-bond donors (Lipinski definition) is 0. The highest BCUT2D eigenvalue weighted by molar-refractivity contribution is 7.99. The van der Waals surface area contributed by atoms with Crippen molar-refractivity contribution < 1.29 is 13.2 Å². The summed E-state index contributed by atoms with van der Waals surface area (Å²) in [6.45, 7) is 2.02. The van der Waals surface area contributed by atoms with Crippen LogP contribution in [0.1, 0.15) is 12.6 Å². The van der Waals surface area contributed by atoms with Gasteiger partial charge in [0.15, 0.2) is 11.5 Å². The van der Waals surface area contributed by atoms with Crippen molar-refractivity contribution in [3.8, 4) is 11.5 Å². The zero-order valence-corrected chi connectivity index (χ0v) is 14.6. The lowest BCUT2D eigenvalue weighted by molar-refractivity contribution is -0.141. The molecule has 0 amide bonds. The van der Waals surface area contributed by atoms with Crippen LogP contribution >= 0.6 is 11.8 Å². The van der Waals surface area contributed by atoms with Crippen LogP contribution in [0.3, 0.4) is 0 Å². The van der Waals surface area contributed by atoms with Gasteiger partial charge in [0, 0.05) is 19.4 Å². The van der Waals surface area contributed by atoms with E-state index in [9.17, 15) is 13.2 Å². The number of thioether (sulfide) groups is 1. The molecule has 0 radical (unpaired) electrons. The Balaban J connectivity index is 1.96. The third-order valence-electron chi connectivity index (χ3n) is 3.94. The topological polar surface area (TPSA) is 60.9 Å². The van der Waals surface area contributed by atoms with Crippen molar-refractivity contribution in [1.29, 1.82) is 0 Å². The summed E-state index contributed by atoms with van der Waals surface area (Å²) in [5, 5.41) is 0.868. The molecule has 0 saturated heterocycles. The molecule has 0 atom stereocenters. The molecule has 0 spiro atoms. The summed E-state index contributed by atoms with van der Waals surface area (Å²) >= 11 is 1.58. The van der Waals surface area contributed by atoms with Crippen molar-refractivity contribution in [3.05, 3.63) is 36.5 Å². The summed E-state index contributed by atoms with van der Waals surface area (Å²) in [7, 11) is 1.74. The lowest BCUT2D eigenvalue weighted by Gasteiger charge is -2.05. The molecular weight excluding hydrogens is 365 g/mol. The van der Waals surface area contributed by atoms with Crippen LogP contribution in [0.15, 0.2) is 35.9 Å². The Morgan fingerprint density at radius 1 is 1.19 bits per heavy atom. The number of fused-ring (bicyclic) bond motifs is 2. The predicted molar refractivity (Wildman–Crippen MR) is 91.9 cm³/mol. The third-order valence-corrected chi connectivity index (χ3v) is 4.89. The second kappa shape index (κ2) is 5.97. The van der Waals surface area contributed by atoms with Crippen LogP contribution in [0.25, 0.3) is 28.2 Å². The zero-order valence-electron chi connectivity index (χ0n) is 13.8. The van der Waals surface area contributed by atoms with E-state index in [4.69, 9.17) is 0 Å². The molecule has 0 saturated carbocycles. The molecule has 0 aromatic carbocycles. The standard InChI is InChI=1S/C16H13F3N6S/c1-3-26-15-13(23-12-8-20-4-5-25(12)15)14-22-9-6-11(16(17,18)19)21-7-10(9)24(14)2/h4-8H,3H2,1-2H3. The molecule has 0 unspecified atom stereocenters. The van der Waals surface area contributed by atoms with Crippen LogP contribution < -0.4 is 0 Å². The minimum absolute atomic E-state index is 0.229. The van der Waals surface area contributed by atoms with Gasteiger partial charge in [-0.3, -0.25) is 9.38 Å². The molecule has 0 aliphatic heterocycles. The van der Waals surface area contributed by atoms with Crippen LogP contribution in [0.5, 0.6) is 0 Å². The second-order valence-corrected chi connectivity index (χ2v) is 6.81. The summed E-state index contributed by atoms with van der Waals surface area (Å²) in [5.41, 5.74) is 1.04. The van der Waals surface area contributed by atoms with Crippen molar-refractivity contribution in [2.24, 2.45) is 7.05 Å². The largest absolute Gasteiger partial charge is 0.433 e.